The van der Waals surface area contributed by atoms with Crippen LogP contribution >= 0.6 is 0 Å². The summed E-state index contributed by atoms with van der Waals surface area (Å²) in [5, 5.41) is 2.85. The van der Waals surface area contributed by atoms with E-state index in [1.165, 1.54) is 49.7 Å². The highest BCUT2D eigenvalue weighted by atomic mass is 32.2. The zero-order valence-corrected chi connectivity index (χ0v) is 19.4. The molecule has 0 fully saturated rings. The van der Waals surface area contributed by atoms with E-state index in [4.69, 9.17) is 14.2 Å². The van der Waals surface area contributed by atoms with Gasteiger partial charge in [0, 0.05) is 11.8 Å². The number of ether oxygens (including phenoxy) is 3. The Morgan fingerprint density at radius 3 is 2.67 bits per heavy atom. The van der Waals surface area contributed by atoms with Crippen molar-refractivity contribution in [1.82, 2.24) is 5.32 Å². The lowest BCUT2D eigenvalue weighted by Crippen LogP contribution is -2.27. The second-order valence-electron chi connectivity index (χ2n) is 7.99. The Balaban J connectivity index is 1.67. The van der Waals surface area contributed by atoms with Crippen LogP contribution in [-0.2, 0) is 19.6 Å². The van der Waals surface area contributed by atoms with E-state index in [0.717, 1.165) is 0 Å². The quantitative estimate of drug-likeness (QED) is 0.481. The first-order valence-electron chi connectivity index (χ1n) is 9.90. The van der Waals surface area contributed by atoms with Crippen molar-refractivity contribution >= 4 is 28.0 Å². The number of benzene rings is 2. The molecule has 2 aromatic carbocycles. The Hall–Kier alpha value is -3.47. The standard InChI is InChI=1S/C22H24FN3O6S/c1-22(2,3)32-20(27)12-31-15-6-8-19-16(10-15)21(26-33(19,28)29)25-13-24-11-14-5-7-17(23)18(9-14)30-4/h5-11H,12-13H2,1-4H3,(H,25,26)/b24-11+. The van der Waals surface area contributed by atoms with Gasteiger partial charge >= 0.3 is 5.97 Å². The van der Waals surface area contributed by atoms with E-state index < -0.39 is 27.4 Å². The molecule has 0 saturated heterocycles. The summed E-state index contributed by atoms with van der Waals surface area (Å²) in [6, 6.07) is 8.56. The van der Waals surface area contributed by atoms with Crippen LogP contribution in [0.3, 0.4) is 0 Å². The third-order valence-electron chi connectivity index (χ3n) is 4.23. The number of fused-ring (bicyclic) bond motifs is 1. The first-order chi connectivity index (χ1) is 15.5. The van der Waals surface area contributed by atoms with Crippen molar-refractivity contribution in [2.45, 2.75) is 31.3 Å². The van der Waals surface area contributed by atoms with Crippen LogP contribution in [0.5, 0.6) is 11.5 Å². The van der Waals surface area contributed by atoms with Crippen LogP contribution in [0.2, 0.25) is 0 Å². The Morgan fingerprint density at radius 1 is 1.21 bits per heavy atom. The van der Waals surface area contributed by atoms with Crippen LogP contribution in [0.4, 0.5) is 4.39 Å². The van der Waals surface area contributed by atoms with Crippen LogP contribution in [0.1, 0.15) is 31.9 Å². The zero-order chi connectivity index (χ0) is 24.2. The van der Waals surface area contributed by atoms with E-state index in [-0.39, 0.29) is 35.5 Å². The molecule has 0 saturated carbocycles. The van der Waals surface area contributed by atoms with Gasteiger partial charge in [0.25, 0.3) is 10.0 Å². The van der Waals surface area contributed by atoms with Gasteiger partial charge in [0.15, 0.2) is 18.2 Å². The lowest BCUT2D eigenvalue weighted by atomic mass is 10.2. The molecule has 2 aromatic rings. The normalized spacial score (nSPS) is 14.5. The molecule has 9 nitrogen and oxygen atoms in total. The van der Waals surface area contributed by atoms with Gasteiger partial charge in [-0.05, 0) is 56.7 Å². The molecular weight excluding hydrogens is 453 g/mol. The first kappa shape index (κ1) is 24.2. The Kier molecular flexibility index (Phi) is 7.01. The van der Waals surface area contributed by atoms with E-state index in [1.807, 2.05) is 0 Å². The molecule has 0 bridgehead atoms. The molecule has 0 amide bonds. The summed E-state index contributed by atoms with van der Waals surface area (Å²) in [4.78, 5) is 16.0. The summed E-state index contributed by atoms with van der Waals surface area (Å²) < 4.78 is 57.4. The van der Waals surface area contributed by atoms with E-state index in [0.29, 0.717) is 11.1 Å². The maximum atomic E-state index is 13.5. The summed E-state index contributed by atoms with van der Waals surface area (Å²) in [7, 11) is -2.50. The number of aliphatic imine (C=N–C) groups is 1. The molecule has 0 radical (unpaired) electrons. The summed E-state index contributed by atoms with van der Waals surface area (Å²) in [6.07, 6.45) is 1.49. The lowest BCUT2D eigenvalue weighted by Gasteiger charge is -2.19. The molecule has 33 heavy (non-hydrogen) atoms. The predicted molar refractivity (Wildman–Crippen MR) is 120 cm³/mol. The number of nitrogens with zero attached hydrogens (tertiary/aromatic N) is 2. The van der Waals surface area contributed by atoms with Gasteiger partial charge in [-0.2, -0.15) is 8.42 Å². The number of carbonyl (C=O) groups excluding carboxylic acids is 1. The maximum Gasteiger partial charge on any atom is 0.344 e. The maximum absolute atomic E-state index is 13.5. The number of methoxy groups -OCH3 is 1. The lowest BCUT2D eigenvalue weighted by molar-refractivity contribution is -0.157. The highest BCUT2D eigenvalue weighted by Gasteiger charge is 2.29. The number of rotatable bonds is 7. The van der Waals surface area contributed by atoms with Crippen molar-refractivity contribution in [3.8, 4) is 11.5 Å². The molecule has 11 heteroatoms. The number of hydrogen-bond acceptors (Lipinski definition) is 8. The molecule has 1 N–H and O–H groups in total. The number of esters is 1. The van der Waals surface area contributed by atoms with Gasteiger partial charge in [0.2, 0.25) is 0 Å². The molecule has 1 aliphatic heterocycles. The molecule has 0 aliphatic carbocycles. The predicted octanol–water partition coefficient (Wildman–Crippen LogP) is 2.67. The first-order valence-corrected chi connectivity index (χ1v) is 11.3. The summed E-state index contributed by atoms with van der Waals surface area (Å²) in [5.41, 5.74) is 0.264. The molecule has 1 heterocycles. The number of carbonyl (C=O) groups is 1. The van der Waals surface area contributed by atoms with E-state index in [9.17, 15) is 17.6 Å². The Labute approximate surface area is 191 Å². The third-order valence-corrected chi connectivity index (χ3v) is 5.56. The summed E-state index contributed by atoms with van der Waals surface area (Å²) in [6.45, 7) is 4.92. The van der Waals surface area contributed by atoms with Crippen molar-refractivity contribution in [1.29, 1.82) is 0 Å². The summed E-state index contributed by atoms with van der Waals surface area (Å²) >= 11 is 0. The van der Waals surface area contributed by atoms with Crippen LogP contribution in [0.25, 0.3) is 0 Å². The van der Waals surface area contributed by atoms with Gasteiger partial charge in [-0.15, -0.1) is 4.40 Å². The van der Waals surface area contributed by atoms with Crippen molar-refractivity contribution in [3.05, 3.63) is 53.3 Å². The van der Waals surface area contributed by atoms with Crippen molar-refractivity contribution in [3.63, 3.8) is 0 Å². The number of hydrogen-bond donors (Lipinski definition) is 1. The van der Waals surface area contributed by atoms with Gasteiger partial charge < -0.3 is 19.5 Å². The van der Waals surface area contributed by atoms with Gasteiger partial charge in [-0.1, -0.05) is 6.07 Å². The van der Waals surface area contributed by atoms with Crippen LogP contribution in [-0.4, -0.2) is 52.4 Å². The molecule has 0 spiro atoms. The van der Waals surface area contributed by atoms with Gasteiger partial charge in [-0.25, -0.2) is 9.18 Å². The van der Waals surface area contributed by atoms with Crippen LogP contribution < -0.4 is 14.8 Å². The molecule has 0 aromatic heterocycles. The van der Waals surface area contributed by atoms with Gasteiger partial charge in [0.1, 0.15) is 28.8 Å². The van der Waals surface area contributed by atoms with Gasteiger partial charge in [0.05, 0.1) is 7.11 Å². The Bertz CT molecular complexity index is 1220. The molecule has 176 valence electrons. The Morgan fingerprint density at radius 2 is 1.97 bits per heavy atom. The average molecular weight is 478 g/mol. The fourth-order valence-corrected chi connectivity index (χ4v) is 4.07. The van der Waals surface area contributed by atoms with Crippen LogP contribution in [0.15, 0.2) is 50.7 Å². The largest absolute Gasteiger partial charge is 0.494 e. The number of amidine groups is 1. The monoisotopic (exact) mass is 477 g/mol. The molecule has 1 aliphatic rings. The highest BCUT2D eigenvalue weighted by Crippen LogP contribution is 2.29. The second kappa shape index (κ2) is 9.57. The van der Waals surface area contributed by atoms with E-state index >= 15 is 0 Å². The van der Waals surface area contributed by atoms with E-state index in [1.54, 1.807) is 20.8 Å². The van der Waals surface area contributed by atoms with Crippen molar-refractivity contribution in [2.75, 3.05) is 20.4 Å². The second-order valence-corrected chi connectivity index (χ2v) is 9.56. The summed E-state index contributed by atoms with van der Waals surface area (Å²) in [5.74, 6) is -0.560. The van der Waals surface area contributed by atoms with Crippen molar-refractivity contribution < 1.29 is 31.8 Å². The topological polar surface area (TPSA) is 116 Å². The molecule has 3 rings (SSSR count). The SMILES string of the molecule is COc1cc(/C=N/CNC2=NS(=O)(=O)c3ccc(OCC(=O)OC(C)(C)C)cc32)ccc1F. The minimum Gasteiger partial charge on any atom is -0.494 e. The highest BCUT2D eigenvalue weighted by molar-refractivity contribution is 7.90. The third kappa shape index (κ3) is 6.28. The minimum atomic E-state index is -3.86. The van der Waals surface area contributed by atoms with Gasteiger partial charge in [-0.3, -0.25) is 4.99 Å². The molecule has 0 atom stereocenters. The van der Waals surface area contributed by atoms with Crippen LogP contribution in [0, 0.1) is 5.82 Å². The number of halogens is 1. The zero-order valence-electron chi connectivity index (χ0n) is 18.6. The smallest absolute Gasteiger partial charge is 0.344 e. The number of sulfonamides is 1. The number of nitrogens with one attached hydrogen (secondary N) is 1. The fourth-order valence-electron chi connectivity index (χ4n) is 2.90. The molecule has 0 unspecified atom stereocenters. The van der Waals surface area contributed by atoms with E-state index in [2.05, 4.69) is 14.7 Å². The average Bonchev–Trinajstić information content (AvgIpc) is 2.99. The van der Waals surface area contributed by atoms with Crippen molar-refractivity contribution in [2.24, 2.45) is 9.39 Å². The molecular formula is C22H24FN3O6S. The fraction of sp³-hybridized carbons (Fsp3) is 0.318. The minimum absolute atomic E-state index is 0.0104.